The van der Waals surface area contributed by atoms with E-state index in [1.807, 2.05) is 51.1 Å². The molecule has 24 heavy (non-hydrogen) atoms. The molecule has 0 saturated heterocycles. The number of hydrogen-bond donors (Lipinski definition) is 2. The van der Waals surface area contributed by atoms with Crippen molar-refractivity contribution in [2.24, 2.45) is 0 Å². The number of nitrogens with zero attached hydrogens (tertiary/aromatic N) is 4. The molecular weight excluding hydrogens is 308 g/mol. The number of rotatable bonds is 6. The Morgan fingerprint density at radius 1 is 1.21 bits per heavy atom. The third-order valence-electron chi connectivity index (χ3n) is 3.20. The summed E-state index contributed by atoms with van der Waals surface area (Å²) in [6.07, 6.45) is 1.82. The minimum atomic E-state index is -0.621. The zero-order valence-corrected chi connectivity index (χ0v) is 14.1. The minimum Gasteiger partial charge on any atom is -0.350 e. The number of carbonyl (C=O) groups excluding carboxylic acids is 2. The third kappa shape index (κ3) is 5.45. The minimum absolute atomic E-state index is 0.0937. The Balaban J connectivity index is 2.02. The fourth-order valence-electron chi connectivity index (χ4n) is 2.20. The molecule has 2 aromatic rings. The van der Waals surface area contributed by atoms with Crippen LogP contribution in [0.5, 0.6) is 0 Å². The van der Waals surface area contributed by atoms with E-state index < -0.39 is 6.04 Å². The van der Waals surface area contributed by atoms with Crippen LogP contribution >= 0.6 is 0 Å². The lowest BCUT2D eigenvalue weighted by atomic mass is 10.1. The average molecular weight is 330 g/mol. The van der Waals surface area contributed by atoms with Crippen molar-refractivity contribution in [3.63, 3.8) is 0 Å². The summed E-state index contributed by atoms with van der Waals surface area (Å²) in [5, 5.41) is 16.4. The Labute approximate surface area is 140 Å². The standard InChI is InChI=1S/C16H22N6O2/c1-16(2,3)19-14(23)10-17-15(24)13(22-11-18-20-21-22)9-12-7-5-4-6-8-12/h4-8,11,13H,9-10H2,1-3H3,(H,17,24)(H,19,23). The maximum absolute atomic E-state index is 12.5. The van der Waals surface area contributed by atoms with Crippen LogP contribution in [0.25, 0.3) is 0 Å². The van der Waals surface area contributed by atoms with E-state index in [-0.39, 0.29) is 23.9 Å². The van der Waals surface area contributed by atoms with Crippen LogP contribution in [0.1, 0.15) is 32.4 Å². The Hall–Kier alpha value is -2.77. The molecule has 2 amide bonds. The highest BCUT2D eigenvalue weighted by molar-refractivity contribution is 5.86. The molecule has 1 unspecified atom stereocenters. The van der Waals surface area contributed by atoms with E-state index in [0.717, 1.165) is 5.56 Å². The van der Waals surface area contributed by atoms with Gasteiger partial charge in [0.1, 0.15) is 12.4 Å². The molecule has 0 fully saturated rings. The number of carbonyl (C=O) groups is 2. The van der Waals surface area contributed by atoms with Gasteiger partial charge in [0.2, 0.25) is 11.8 Å². The summed E-state index contributed by atoms with van der Waals surface area (Å²) in [6.45, 7) is 5.55. The molecule has 1 heterocycles. The molecule has 8 nitrogen and oxygen atoms in total. The summed E-state index contributed by atoms with van der Waals surface area (Å²) in [5.74, 6) is -0.554. The SMILES string of the molecule is CC(C)(C)NC(=O)CNC(=O)C(Cc1ccccc1)n1cnnn1. The molecule has 0 radical (unpaired) electrons. The molecule has 0 spiro atoms. The third-order valence-corrected chi connectivity index (χ3v) is 3.20. The Kier molecular flexibility index (Phi) is 5.62. The highest BCUT2D eigenvalue weighted by atomic mass is 16.2. The fraction of sp³-hybridized carbons (Fsp3) is 0.438. The molecule has 2 N–H and O–H groups in total. The highest BCUT2D eigenvalue weighted by Crippen LogP contribution is 2.13. The van der Waals surface area contributed by atoms with Crippen molar-refractivity contribution in [2.75, 3.05) is 6.54 Å². The summed E-state index contributed by atoms with van der Waals surface area (Å²) in [4.78, 5) is 24.4. The molecule has 1 aromatic heterocycles. The van der Waals surface area contributed by atoms with Crippen LogP contribution in [0.2, 0.25) is 0 Å². The number of nitrogens with one attached hydrogen (secondary N) is 2. The fourth-order valence-corrected chi connectivity index (χ4v) is 2.20. The van der Waals surface area contributed by atoms with Gasteiger partial charge in [-0.1, -0.05) is 30.3 Å². The van der Waals surface area contributed by atoms with Crippen LogP contribution in [0.15, 0.2) is 36.7 Å². The van der Waals surface area contributed by atoms with Crippen LogP contribution in [0.4, 0.5) is 0 Å². The first-order valence-electron chi connectivity index (χ1n) is 7.70. The second kappa shape index (κ2) is 7.67. The second-order valence-corrected chi connectivity index (χ2v) is 6.51. The first-order chi connectivity index (χ1) is 11.3. The zero-order chi connectivity index (χ0) is 17.6. The van der Waals surface area contributed by atoms with Gasteiger partial charge in [-0.2, -0.15) is 0 Å². The van der Waals surface area contributed by atoms with Gasteiger partial charge in [0.05, 0.1) is 6.54 Å². The molecule has 0 aliphatic rings. The monoisotopic (exact) mass is 330 g/mol. The summed E-state index contributed by atoms with van der Waals surface area (Å²) in [6, 6.07) is 8.95. The predicted molar refractivity (Wildman–Crippen MR) is 87.9 cm³/mol. The van der Waals surface area contributed by atoms with Crippen LogP contribution in [0.3, 0.4) is 0 Å². The molecule has 0 aliphatic heterocycles. The van der Waals surface area contributed by atoms with E-state index in [4.69, 9.17) is 0 Å². The van der Waals surface area contributed by atoms with E-state index in [9.17, 15) is 9.59 Å². The number of benzene rings is 1. The quantitative estimate of drug-likeness (QED) is 0.802. The predicted octanol–water partition coefficient (Wildman–Crippen LogP) is 0.488. The molecule has 1 atom stereocenters. The number of tetrazole rings is 1. The zero-order valence-electron chi connectivity index (χ0n) is 14.1. The van der Waals surface area contributed by atoms with Crippen LogP contribution in [-0.2, 0) is 16.0 Å². The van der Waals surface area contributed by atoms with Gasteiger partial charge in [0.15, 0.2) is 0 Å². The Bertz CT molecular complexity index is 664. The number of amides is 2. The molecule has 128 valence electrons. The van der Waals surface area contributed by atoms with Gasteiger partial charge in [0, 0.05) is 12.0 Å². The van der Waals surface area contributed by atoms with Gasteiger partial charge in [0.25, 0.3) is 0 Å². The first kappa shape index (κ1) is 17.6. The lowest BCUT2D eigenvalue weighted by molar-refractivity contribution is -0.128. The molecule has 0 saturated carbocycles. The van der Waals surface area contributed by atoms with Gasteiger partial charge >= 0.3 is 0 Å². The van der Waals surface area contributed by atoms with Gasteiger partial charge in [-0.15, -0.1) is 5.10 Å². The van der Waals surface area contributed by atoms with E-state index >= 15 is 0 Å². The van der Waals surface area contributed by atoms with E-state index in [1.165, 1.54) is 11.0 Å². The lowest BCUT2D eigenvalue weighted by Crippen LogP contribution is -2.47. The second-order valence-electron chi connectivity index (χ2n) is 6.51. The van der Waals surface area contributed by atoms with Crippen LogP contribution < -0.4 is 10.6 Å². The van der Waals surface area contributed by atoms with Gasteiger partial charge in [-0.25, -0.2) is 4.68 Å². The Morgan fingerprint density at radius 3 is 2.50 bits per heavy atom. The van der Waals surface area contributed by atoms with E-state index in [0.29, 0.717) is 6.42 Å². The summed E-state index contributed by atoms with van der Waals surface area (Å²) < 4.78 is 1.39. The van der Waals surface area contributed by atoms with Crippen molar-refractivity contribution >= 4 is 11.8 Å². The van der Waals surface area contributed by atoms with Crippen molar-refractivity contribution < 1.29 is 9.59 Å². The van der Waals surface area contributed by atoms with E-state index in [2.05, 4.69) is 26.2 Å². The maximum Gasteiger partial charge on any atom is 0.245 e. The molecule has 8 heteroatoms. The van der Waals surface area contributed by atoms with Crippen LogP contribution in [0, 0.1) is 0 Å². The van der Waals surface area contributed by atoms with Crippen LogP contribution in [-0.4, -0.2) is 44.1 Å². The molecule has 1 aromatic carbocycles. The van der Waals surface area contributed by atoms with Gasteiger partial charge in [-0.05, 0) is 36.8 Å². The first-order valence-corrected chi connectivity index (χ1v) is 7.70. The number of aromatic nitrogens is 4. The van der Waals surface area contributed by atoms with Crippen molar-refractivity contribution in [3.8, 4) is 0 Å². The smallest absolute Gasteiger partial charge is 0.245 e. The largest absolute Gasteiger partial charge is 0.350 e. The summed E-state index contributed by atoms with van der Waals surface area (Å²) in [7, 11) is 0. The Morgan fingerprint density at radius 2 is 1.92 bits per heavy atom. The topological polar surface area (TPSA) is 102 Å². The van der Waals surface area contributed by atoms with Crippen molar-refractivity contribution in [1.82, 2.24) is 30.8 Å². The number of hydrogen-bond acceptors (Lipinski definition) is 5. The molecular formula is C16H22N6O2. The van der Waals surface area contributed by atoms with Crippen molar-refractivity contribution in [1.29, 1.82) is 0 Å². The van der Waals surface area contributed by atoms with E-state index in [1.54, 1.807) is 0 Å². The maximum atomic E-state index is 12.5. The van der Waals surface area contributed by atoms with Gasteiger partial charge in [-0.3, -0.25) is 9.59 Å². The van der Waals surface area contributed by atoms with Gasteiger partial charge < -0.3 is 10.6 Å². The van der Waals surface area contributed by atoms with Crippen molar-refractivity contribution in [3.05, 3.63) is 42.2 Å². The lowest BCUT2D eigenvalue weighted by Gasteiger charge is -2.21. The molecule has 0 bridgehead atoms. The average Bonchev–Trinajstić information content (AvgIpc) is 3.04. The summed E-state index contributed by atoms with van der Waals surface area (Å²) >= 11 is 0. The normalized spacial score (nSPS) is 12.5. The van der Waals surface area contributed by atoms with Crippen molar-refractivity contribution in [2.45, 2.75) is 38.8 Å². The summed E-state index contributed by atoms with van der Waals surface area (Å²) in [5.41, 5.74) is 0.633. The highest BCUT2D eigenvalue weighted by Gasteiger charge is 2.23. The molecule has 2 rings (SSSR count). The molecule has 0 aliphatic carbocycles.